The summed E-state index contributed by atoms with van der Waals surface area (Å²) in [7, 11) is 0. The molecule has 1 spiro atoms. The van der Waals surface area contributed by atoms with E-state index in [9.17, 15) is 9.59 Å². The third-order valence-corrected chi connectivity index (χ3v) is 6.01. The van der Waals surface area contributed by atoms with Gasteiger partial charge in [0.2, 0.25) is 11.8 Å². The molecule has 2 saturated carbocycles. The maximum absolute atomic E-state index is 12.8. The van der Waals surface area contributed by atoms with E-state index in [2.05, 4.69) is 17.1 Å². The number of carbonyl (C=O) groups excluding carboxylic acids is 2. The maximum atomic E-state index is 12.8. The normalized spacial score (nSPS) is 37.6. The first kappa shape index (κ1) is 11.7. The highest BCUT2D eigenvalue weighted by molar-refractivity contribution is 6.06. The number of amides is 2. The maximum Gasteiger partial charge on any atom is 0.234 e. The first-order chi connectivity index (χ1) is 10.2. The van der Waals surface area contributed by atoms with Crippen LogP contribution in [0.15, 0.2) is 36.7 Å². The highest BCUT2D eigenvalue weighted by Gasteiger charge is 2.73. The van der Waals surface area contributed by atoms with Crippen LogP contribution < -0.4 is 0 Å². The van der Waals surface area contributed by atoms with Crippen LogP contribution in [0.3, 0.4) is 0 Å². The van der Waals surface area contributed by atoms with Gasteiger partial charge >= 0.3 is 0 Å². The zero-order valence-corrected chi connectivity index (χ0v) is 11.6. The number of fused-ring (bicyclic) bond motifs is 3. The van der Waals surface area contributed by atoms with E-state index in [1.807, 2.05) is 12.1 Å². The van der Waals surface area contributed by atoms with Gasteiger partial charge in [-0.1, -0.05) is 18.2 Å². The van der Waals surface area contributed by atoms with Crippen LogP contribution >= 0.6 is 0 Å². The predicted octanol–water partition coefficient (Wildman–Crippen LogP) is 1.78. The Labute approximate surface area is 122 Å². The molecule has 4 atom stereocenters. The summed E-state index contributed by atoms with van der Waals surface area (Å²) in [6.45, 7) is 0.366. The molecular weight excluding hydrogens is 264 g/mol. The summed E-state index contributed by atoms with van der Waals surface area (Å²) in [5.74, 6) is 0.512. The number of pyridine rings is 1. The van der Waals surface area contributed by atoms with Crippen LogP contribution in [-0.4, -0.2) is 21.7 Å². The lowest BCUT2D eigenvalue weighted by molar-refractivity contribution is -0.141. The fourth-order valence-electron chi connectivity index (χ4n) is 4.97. The molecule has 3 fully saturated rings. The molecule has 21 heavy (non-hydrogen) atoms. The highest BCUT2D eigenvalue weighted by atomic mass is 16.2. The molecule has 5 rings (SSSR count). The van der Waals surface area contributed by atoms with E-state index >= 15 is 0 Å². The number of allylic oxidation sites excluding steroid dienone is 2. The van der Waals surface area contributed by atoms with Gasteiger partial charge < -0.3 is 0 Å². The Morgan fingerprint density at radius 2 is 1.81 bits per heavy atom. The molecule has 0 radical (unpaired) electrons. The second-order valence-corrected chi connectivity index (χ2v) is 6.85. The van der Waals surface area contributed by atoms with Crippen LogP contribution in [0.2, 0.25) is 0 Å². The zero-order valence-electron chi connectivity index (χ0n) is 11.6. The predicted molar refractivity (Wildman–Crippen MR) is 74.6 cm³/mol. The van der Waals surface area contributed by atoms with Crippen LogP contribution in [-0.2, 0) is 16.1 Å². The molecule has 1 saturated heterocycles. The monoisotopic (exact) mass is 280 g/mol. The minimum atomic E-state index is -0.0910. The molecule has 2 bridgehead atoms. The van der Waals surface area contributed by atoms with Gasteiger partial charge in [0.1, 0.15) is 0 Å². The van der Waals surface area contributed by atoms with E-state index in [4.69, 9.17) is 0 Å². The minimum absolute atomic E-state index is 0.0389. The van der Waals surface area contributed by atoms with Crippen molar-refractivity contribution < 1.29 is 9.59 Å². The molecule has 2 heterocycles. The molecule has 4 nitrogen and oxygen atoms in total. The van der Waals surface area contributed by atoms with Gasteiger partial charge in [-0.25, -0.2) is 0 Å². The molecule has 4 heteroatoms. The van der Waals surface area contributed by atoms with Crippen LogP contribution in [0.1, 0.15) is 18.4 Å². The number of hydrogen-bond donors (Lipinski definition) is 0. The number of rotatable bonds is 2. The zero-order chi connectivity index (χ0) is 14.2. The molecule has 4 aliphatic rings. The SMILES string of the molecule is O=C1[C@@H]2[C@@H](C(=O)N1Cc1cccnc1)[C@@H]1C=C[C@H]2C12CC2. The van der Waals surface area contributed by atoms with Gasteiger partial charge in [-0.2, -0.15) is 0 Å². The average Bonchev–Trinajstić information content (AvgIpc) is 3.11. The summed E-state index contributed by atoms with van der Waals surface area (Å²) in [6.07, 6.45) is 10.2. The van der Waals surface area contributed by atoms with Gasteiger partial charge in [0, 0.05) is 12.4 Å². The van der Waals surface area contributed by atoms with E-state index in [1.165, 1.54) is 17.7 Å². The lowest BCUT2D eigenvalue weighted by Crippen LogP contribution is -2.34. The Morgan fingerprint density at radius 3 is 2.33 bits per heavy atom. The molecule has 0 aromatic carbocycles. The van der Waals surface area contributed by atoms with Crippen molar-refractivity contribution in [3.05, 3.63) is 42.2 Å². The molecule has 0 unspecified atom stereocenters. The smallest absolute Gasteiger partial charge is 0.234 e. The topological polar surface area (TPSA) is 50.3 Å². The van der Waals surface area contributed by atoms with Crippen LogP contribution in [0.5, 0.6) is 0 Å². The number of hydrogen-bond acceptors (Lipinski definition) is 3. The van der Waals surface area contributed by atoms with Crippen molar-refractivity contribution in [2.45, 2.75) is 19.4 Å². The van der Waals surface area contributed by atoms with Crippen molar-refractivity contribution >= 4 is 11.8 Å². The summed E-state index contributed by atoms with van der Waals surface area (Å²) < 4.78 is 0. The number of nitrogens with zero attached hydrogens (tertiary/aromatic N) is 2. The van der Waals surface area contributed by atoms with E-state index < -0.39 is 0 Å². The standard InChI is InChI=1S/C17H16N2O2/c20-15-13-11-3-4-12(17(11)5-6-17)14(13)16(21)19(15)9-10-2-1-7-18-8-10/h1-4,7-8,11-14H,5-6,9H2/t11-,12+,13-,14-/m0/s1. The molecule has 106 valence electrons. The number of aromatic nitrogens is 1. The Morgan fingerprint density at radius 1 is 1.14 bits per heavy atom. The largest absolute Gasteiger partial charge is 0.278 e. The quantitative estimate of drug-likeness (QED) is 0.613. The fourth-order valence-corrected chi connectivity index (χ4v) is 4.97. The Kier molecular flexibility index (Phi) is 2.01. The van der Waals surface area contributed by atoms with Crippen molar-refractivity contribution in [1.29, 1.82) is 0 Å². The summed E-state index contributed by atoms with van der Waals surface area (Å²) in [5.41, 5.74) is 1.20. The van der Waals surface area contributed by atoms with E-state index in [0.717, 1.165) is 5.56 Å². The van der Waals surface area contributed by atoms with Gasteiger partial charge in [0.05, 0.1) is 18.4 Å². The molecule has 1 aromatic rings. The van der Waals surface area contributed by atoms with Gasteiger partial charge in [0.25, 0.3) is 0 Å². The minimum Gasteiger partial charge on any atom is -0.278 e. The van der Waals surface area contributed by atoms with Crippen molar-refractivity contribution in [1.82, 2.24) is 9.88 Å². The van der Waals surface area contributed by atoms with Gasteiger partial charge in [-0.15, -0.1) is 0 Å². The number of imide groups is 1. The lowest BCUT2D eigenvalue weighted by Gasteiger charge is -2.21. The molecular formula is C17H16N2O2. The van der Waals surface area contributed by atoms with Crippen LogP contribution in [0, 0.1) is 29.1 Å². The molecule has 1 aromatic heterocycles. The summed E-state index contributed by atoms with van der Waals surface area (Å²) >= 11 is 0. The van der Waals surface area contributed by atoms with E-state index in [0.29, 0.717) is 18.4 Å². The van der Waals surface area contributed by atoms with Gasteiger partial charge in [-0.3, -0.25) is 19.5 Å². The summed E-state index contributed by atoms with van der Waals surface area (Å²) in [6, 6.07) is 3.75. The van der Waals surface area contributed by atoms with Crippen molar-refractivity contribution in [3.8, 4) is 0 Å². The Hall–Kier alpha value is -1.97. The lowest BCUT2D eigenvalue weighted by atomic mass is 9.85. The number of likely N-dealkylation sites (tertiary alicyclic amines) is 1. The van der Waals surface area contributed by atoms with Crippen molar-refractivity contribution in [3.63, 3.8) is 0 Å². The molecule has 0 N–H and O–H groups in total. The second-order valence-electron chi connectivity index (χ2n) is 6.85. The summed E-state index contributed by atoms with van der Waals surface area (Å²) in [4.78, 5) is 31.0. The Bertz CT molecular complexity index is 643. The molecule has 1 aliphatic heterocycles. The van der Waals surface area contributed by atoms with E-state index in [1.54, 1.807) is 12.4 Å². The average molecular weight is 280 g/mol. The molecule has 2 amide bonds. The van der Waals surface area contributed by atoms with Crippen LogP contribution in [0.25, 0.3) is 0 Å². The third-order valence-electron chi connectivity index (χ3n) is 6.01. The summed E-state index contributed by atoms with van der Waals surface area (Å²) in [5, 5.41) is 0. The highest BCUT2D eigenvalue weighted by Crippen LogP contribution is 2.73. The van der Waals surface area contributed by atoms with Crippen molar-refractivity contribution in [2.75, 3.05) is 0 Å². The second kappa shape index (κ2) is 3.62. The van der Waals surface area contributed by atoms with E-state index in [-0.39, 0.29) is 29.1 Å². The van der Waals surface area contributed by atoms with Crippen molar-refractivity contribution in [2.24, 2.45) is 29.1 Å². The Balaban J connectivity index is 1.48. The first-order valence-corrected chi connectivity index (χ1v) is 7.65. The third kappa shape index (κ3) is 1.29. The van der Waals surface area contributed by atoms with Gasteiger partial charge in [-0.05, 0) is 41.7 Å². The molecule has 3 aliphatic carbocycles. The van der Waals surface area contributed by atoms with Gasteiger partial charge in [0.15, 0.2) is 0 Å². The number of carbonyl (C=O) groups is 2. The fraction of sp³-hybridized carbons (Fsp3) is 0.471. The van der Waals surface area contributed by atoms with Crippen LogP contribution in [0.4, 0.5) is 0 Å². The first-order valence-electron chi connectivity index (χ1n) is 7.65.